The number of hydrogen-bond acceptors (Lipinski definition) is 8. The maximum atomic E-state index is 13.0. The van der Waals surface area contributed by atoms with Gasteiger partial charge < -0.3 is 20.8 Å². The fraction of sp³-hybridized carbons (Fsp3) is 0.158. The van der Waals surface area contributed by atoms with Crippen molar-refractivity contribution in [2.45, 2.75) is 12.8 Å². The molecule has 0 saturated heterocycles. The first-order valence-electron chi connectivity index (χ1n) is 8.44. The number of ether oxygens (including phenoxy) is 1. The van der Waals surface area contributed by atoms with E-state index in [9.17, 15) is 15.3 Å². The highest BCUT2D eigenvalue weighted by Crippen LogP contribution is 2.47. The predicted molar refractivity (Wildman–Crippen MR) is 105 cm³/mol. The summed E-state index contributed by atoms with van der Waals surface area (Å²) >= 11 is 1.30. The monoisotopic (exact) mass is 390 g/mol. The molecule has 1 aliphatic rings. The van der Waals surface area contributed by atoms with E-state index >= 15 is 0 Å². The summed E-state index contributed by atoms with van der Waals surface area (Å²) in [7, 11) is 0. The van der Waals surface area contributed by atoms with Gasteiger partial charge in [-0.1, -0.05) is 0 Å². The molecule has 3 aromatic rings. The Hall–Kier alpha value is -3.82. The van der Waals surface area contributed by atoms with E-state index in [0.29, 0.717) is 38.5 Å². The minimum absolute atomic E-state index is 0.0550. The van der Waals surface area contributed by atoms with Crippen LogP contribution in [0.5, 0.6) is 5.75 Å². The van der Waals surface area contributed by atoms with Crippen LogP contribution >= 0.6 is 11.3 Å². The number of aromatic amines is 1. The first kappa shape index (κ1) is 17.6. The van der Waals surface area contributed by atoms with E-state index in [4.69, 9.17) is 10.5 Å². The minimum atomic E-state index is -0.680. The van der Waals surface area contributed by atoms with Gasteiger partial charge in [0.2, 0.25) is 5.88 Å². The van der Waals surface area contributed by atoms with Crippen LogP contribution in [0.2, 0.25) is 0 Å². The molecular weight excluding hydrogens is 376 g/mol. The molecule has 28 heavy (non-hydrogen) atoms. The molecule has 0 saturated carbocycles. The normalized spacial score (nSPS) is 15.5. The molecule has 8 nitrogen and oxygen atoms in total. The number of H-pyrrole nitrogens is 1. The zero-order chi connectivity index (χ0) is 19.8. The van der Waals surface area contributed by atoms with Gasteiger partial charge in [0.15, 0.2) is 5.75 Å². The Morgan fingerprint density at radius 2 is 2.11 bits per heavy atom. The molecule has 0 bridgehead atoms. The number of hydrogen-bond donors (Lipinski definition) is 3. The maximum absolute atomic E-state index is 13.0. The molecule has 1 atom stereocenters. The van der Waals surface area contributed by atoms with Gasteiger partial charge in [0.05, 0.1) is 21.7 Å². The molecule has 0 radical (unpaired) electrons. The lowest BCUT2D eigenvalue weighted by molar-refractivity contribution is 0.397. The van der Waals surface area contributed by atoms with Gasteiger partial charge in [-0.3, -0.25) is 9.78 Å². The Bertz CT molecular complexity index is 1260. The SMILES string of the molecule is CCNc1sc2c3c(c(=O)[nH]c2c1C#N)C(c1ccncc1)C(C#N)=C(N)O3. The number of nitrogens with zero attached hydrogens (tertiary/aromatic N) is 3. The van der Waals surface area contributed by atoms with Gasteiger partial charge >= 0.3 is 0 Å². The Morgan fingerprint density at radius 3 is 2.75 bits per heavy atom. The van der Waals surface area contributed by atoms with E-state index in [2.05, 4.69) is 27.4 Å². The topological polar surface area (TPSA) is 141 Å². The minimum Gasteiger partial charge on any atom is -0.438 e. The molecule has 0 amide bonds. The lowest BCUT2D eigenvalue weighted by Crippen LogP contribution is -2.27. The Balaban J connectivity index is 2.08. The predicted octanol–water partition coefficient (Wildman–Crippen LogP) is 2.51. The van der Waals surface area contributed by atoms with Gasteiger partial charge in [-0.25, -0.2) is 0 Å². The second-order valence-electron chi connectivity index (χ2n) is 6.05. The van der Waals surface area contributed by atoms with Crippen LogP contribution in [0, 0.1) is 22.7 Å². The number of pyridine rings is 2. The smallest absolute Gasteiger partial charge is 0.256 e. The second-order valence-corrected chi connectivity index (χ2v) is 7.08. The van der Waals surface area contributed by atoms with Crippen LogP contribution in [-0.2, 0) is 0 Å². The molecule has 4 rings (SSSR count). The summed E-state index contributed by atoms with van der Waals surface area (Å²) in [6.07, 6.45) is 3.18. The molecule has 3 aromatic heterocycles. The summed E-state index contributed by atoms with van der Waals surface area (Å²) < 4.78 is 6.34. The van der Waals surface area contributed by atoms with Crippen LogP contribution in [-0.4, -0.2) is 16.5 Å². The van der Waals surface area contributed by atoms with E-state index in [-0.39, 0.29) is 17.2 Å². The lowest BCUT2D eigenvalue weighted by Gasteiger charge is -2.25. The van der Waals surface area contributed by atoms with Crippen molar-refractivity contribution in [3.8, 4) is 17.9 Å². The van der Waals surface area contributed by atoms with Crippen molar-refractivity contribution in [3.63, 3.8) is 0 Å². The quantitative estimate of drug-likeness (QED) is 0.624. The van der Waals surface area contributed by atoms with E-state index < -0.39 is 11.5 Å². The van der Waals surface area contributed by atoms with Crippen LogP contribution in [0.1, 0.15) is 29.5 Å². The fourth-order valence-corrected chi connectivity index (χ4v) is 4.50. The number of anilines is 1. The van der Waals surface area contributed by atoms with E-state index in [0.717, 1.165) is 0 Å². The van der Waals surface area contributed by atoms with Crippen molar-refractivity contribution in [2.75, 3.05) is 11.9 Å². The zero-order valence-corrected chi connectivity index (χ0v) is 15.6. The maximum Gasteiger partial charge on any atom is 0.256 e. The summed E-state index contributed by atoms with van der Waals surface area (Å²) in [5.74, 6) is -0.455. The van der Waals surface area contributed by atoms with Crippen molar-refractivity contribution in [1.29, 1.82) is 10.5 Å². The summed E-state index contributed by atoms with van der Waals surface area (Å²) in [5, 5.41) is 23.0. The number of nitriles is 2. The summed E-state index contributed by atoms with van der Waals surface area (Å²) in [4.78, 5) is 19.8. The van der Waals surface area contributed by atoms with Crippen LogP contribution in [0.4, 0.5) is 5.00 Å². The second kappa shape index (κ2) is 6.72. The molecule has 4 N–H and O–H groups in total. The van der Waals surface area contributed by atoms with Crippen molar-refractivity contribution in [2.24, 2.45) is 5.73 Å². The Labute approximate surface area is 163 Å². The highest BCUT2D eigenvalue weighted by atomic mass is 32.1. The molecule has 9 heteroatoms. The molecule has 1 aliphatic heterocycles. The Morgan fingerprint density at radius 1 is 1.36 bits per heavy atom. The first-order chi connectivity index (χ1) is 13.6. The Kier molecular flexibility index (Phi) is 4.22. The lowest BCUT2D eigenvalue weighted by atomic mass is 9.84. The first-order valence-corrected chi connectivity index (χ1v) is 9.26. The third-order valence-corrected chi connectivity index (χ3v) is 5.65. The van der Waals surface area contributed by atoms with Crippen LogP contribution in [0.15, 0.2) is 40.8 Å². The van der Waals surface area contributed by atoms with Gasteiger partial charge in [-0.05, 0) is 24.6 Å². The number of nitrogens with one attached hydrogen (secondary N) is 2. The van der Waals surface area contributed by atoms with Gasteiger partial charge in [-0.2, -0.15) is 10.5 Å². The molecular formula is C19H14N6O2S. The summed E-state index contributed by atoms with van der Waals surface area (Å²) in [6.45, 7) is 2.54. The number of aromatic nitrogens is 2. The zero-order valence-electron chi connectivity index (χ0n) is 14.7. The van der Waals surface area contributed by atoms with Gasteiger partial charge in [-0.15, -0.1) is 11.3 Å². The van der Waals surface area contributed by atoms with Crippen LogP contribution < -0.4 is 21.3 Å². The summed E-state index contributed by atoms with van der Waals surface area (Å²) in [5.41, 5.74) is 7.51. The third kappa shape index (κ3) is 2.49. The standard InChI is InChI=1S/C19H14N6O2S/c1-2-24-19-11(8-21)14-16(28-19)15-13(18(26)25-14)12(9-3-5-23-6-4-9)10(7-20)17(22)27-15/h3-6,12,24H,2,22H2,1H3,(H,25,26). The highest BCUT2D eigenvalue weighted by Gasteiger charge is 2.35. The largest absolute Gasteiger partial charge is 0.438 e. The molecule has 1 unspecified atom stereocenters. The average Bonchev–Trinajstić information content (AvgIpc) is 3.05. The highest BCUT2D eigenvalue weighted by molar-refractivity contribution is 7.23. The fourth-order valence-electron chi connectivity index (χ4n) is 3.33. The number of fused-ring (bicyclic) bond motifs is 3. The van der Waals surface area contributed by atoms with Crippen LogP contribution in [0.25, 0.3) is 10.2 Å². The summed E-state index contributed by atoms with van der Waals surface area (Å²) in [6, 6.07) is 7.65. The van der Waals surface area contributed by atoms with E-state index in [1.165, 1.54) is 11.3 Å². The van der Waals surface area contributed by atoms with Crippen molar-refractivity contribution in [3.05, 3.63) is 63.0 Å². The van der Waals surface area contributed by atoms with Crippen LogP contribution in [0.3, 0.4) is 0 Å². The molecule has 0 aromatic carbocycles. The third-order valence-electron chi connectivity index (χ3n) is 4.51. The number of thiophene rings is 1. The molecule has 4 heterocycles. The molecule has 0 fully saturated rings. The number of rotatable bonds is 3. The van der Waals surface area contributed by atoms with Gasteiger partial charge in [0.1, 0.15) is 28.3 Å². The molecule has 0 aliphatic carbocycles. The van der Waals surface area contributed by atoms with Gasteiger partial charge in [0, 0.05) is 18.9 Å². The van der Waals surface area contributed by atoms with Crippen molar-refractivity contribution in [1.82, 2.24) is 9.97 Å². The molecule has 138 valence electrons. The van der Waals surface area contributed by atoms with Crippen molar-refractivity contribution >= 4 is 26.6 Å². The number of allylic oxidation sites excluding steroid dienone is 1. The average molecular weight is 390 g/mol. The van der Waals surface area contributed by atoms with Gasteiger partial charge in [0.25, 0.3) is 5.56 Å². The van der Waals surface area contributed by atoms with Crippen molar-refractivity contribution < 1.29 is 4.74 Å². The molecule has 0 spiro atoms. The number of nitrogens with two attached hydrogens (primary N) is 1. The van der Waals surface area contributed by atoms with E-state index in [1.54, 1.807) is 24.5 Å². The van der Waals surface area contributed by atoms with E-state index in [1.807, 2.05) is 6.92 Å².